The maximum absolute atomic E-state index is 6.21. The van der Waals surface area contributed by atoms with E-state index in [2.05, 4.69) is 25.1 Å². The number of alkyl halides is 1. The van der Waals surface area contributed by atoms with E-state index in [0.29, 0.717) is 11.8 Å². The van der Waals surface area contributed by atoms with Crippen LogP contribution >= 0.6 is 34.5 Å². The molecule has 0 aliphatic rings. The summed E-state index contributed by atoms with van der Waals surface area (Å²) in [6, 6.07) is 12.5. The van der Waals surface area contributed by atoms with Crippen molar-refractivity contribution in [3.63, 3.8) is 0 Å². The van der Waals surface area contributed by atoms with Crippen LogP contribution in [0.2, 0.25) is 5.02 Å². The SMILES string of the molecule is CCc1ccc(CC(CCl)Cc2ccccc2Cl)s1. The van der Waals surface area contributed by atoms with Gasteiger partial charge in [0.05, 0.1) is 0 Å². The third-order valence-electron chi connectivity index (χ3n) is 3.24. The molecule has 0 nitrogen and oxygen atoms in total. The van der Waals surface area contributed by atoms with Crippen LogP contribution in [0.5, 0.6) is 0 Å². The Morgan fingerprint density at radius 1 is 1.05 bits per heavy atom. The van der Waals surface area contributed by atoms with Crippen LogP contribution in [0.25, 0.3) is 0 Å². The highest BCUT2D eigenvalue weighted by molar-refractivity contribution is 7.11. The van der Waals surface area contributed by atoms with Crippen molar-refractivity contribution in [1.82, 2.24) is 0 Å². The van der Waals surface area contributed by atoms with Crippen molar-refractivity contribution in [3.05, 3.63) is 56.7 Å². The van der Waals surface area contributed by atoms with Gasteiger partial charge in [-0.15, -0.1) is 22.9 Å². The molecule has 0 saturated carbocycles. The minimum atomic E-state index is 0.449. The molecule has 0 spiro atoms. The fourth-order valence-corrected chi connectivity index (χ4v) is 3.67. The highest BCUT2D eigenvalue weighted by Gasteiger charge is 2.12. The van der Waals surface area contributed by atoms with Crippen LogP contribution in [-0.2, 0) is 19.3 Å². The van der Waals surface area contributed by atoms with Crippen molar-refractivity contribution in [3.8, 4) is 0 Å². The Kier molecular flexibility index (Phi) is 5.75. The predicted molar refractivity (Wildman–Crippen MR) is 86.8 cm³/mol. The summed E-state index contributed by atoms with van der Waals surface area (Å²) in [4.78, 5) is 2.87. The second kappa shape index (κ2) is 7.33. The van der Waals surface area contributed by atoms with Gasteiger partial charge in [-0.25, -0.2) is 0 Å². The van der Waals surface area contributed by atoms with E-state index in [1.165, 1.54) is 15.3 Å². The summed E-state index contributed by atoms with van der Waals surface area (Å²) in [6.45, 7) is 2.19. The fraction of sp³-hybridized carbons (Fsp3) is 0.375. The molecule has 1 aromatic heterocycles. The molecule has 0 aliphatic carbocycles. The van der Waals surface area contributed by atoms with E-state index < -0.39 is 0 Å². The molecule has 1 heterocycles. The number of hydrogen-bond acceptors (Lipinski definition) is 1. The van der Waals surface area contributed by atoms with E-state index >= 15 is 0 Å². The van der Waals surface area contributed by atoms with Crippen LogP contribution in [-0.4, -0.2) is 5.88 Å². The van der Waals surface area contributed by atoms with Gasteiger partial charge in [0.2, 0.25) is 0 Å². The van der Waals surface area contributed by atoms with Crippen LogP contribution in [0, 0.1) is 5.92 Å². The number of aryl methyl sites for hydroxylation is 1. The van der Waals surface area contributed by atoms with Crippen molar-refractivity contribution in [2.24, 2.45) is 5.92 Å². The quantitative estimate of drug-likeness (QED) is 0.609. The smallest absolute Gasteiger partial charge is 0.0438 e. The topological polar surface area (TPSA) is 0 Å². The second-order valence-corrected chi connectivity index (χ2v) is 6.71. The van der Waals surface area contributed by atoms with Gasteiger partial charge in [-0.2, -0.15) is 0 Å². The van der Waals surface area contributed by atoms with Gasteiger partial charge in [0.1, 0.15) is 0 Å². The van der Waals surface area contributed by atoms with Gasteiger partial charge >= 0.3 is 0 Å². The van der Waals surface area contributed by atoms with Gasteiger partial charge in [0.15, 0.2) is 0 Å². The highest BCUT2D eigenvalue weighted by atomic mass is 35.5. The first-order chi connectivity index (χ1) is 9.22. The Labute approximate surface area is 129 Å². The number of thiophene rings is 1. The lowest BCUT2D eigenvalue weighted by Gasteiger charge is -2.13. The number of benzene rings is 1. The lowest BCUT2D eigenvalue weighted by Crippen LogP contribution is -2.09. The molecule has 102 valence electrons. The Hall–Kier alpha value is -0.500. The molecular formula is C16H18Cl2S. The van der Waals surface area contributed by atoms with Crippen molar-refractivity contribution in [1.29, 1.82) is 0 Å². The van der Waals surface area contributed by atoms with Crippen LogP contribution in [0.3, 0.4) is 0 Å². The molecule has 1 atom stereocenters. The molecule has 0 saturated heterocycles. The monoisotopic (exact) mass is 312 g/mol. The molecule has 1 unspecified atom stereocenters. The largest absolute Gasteiger partial charge is 0.145 e. The van der Waals surface area contributed by atoms with Crippen molar-refractivity contribution in [2.75, 3.05) is 5.88 Å². The molecule has 2 rings (SSSR count). The molecule has 0 radical (unpaired) electrons. The first kappa shape index (κ1) is 14.9. The average Bonchev–Trinajstić information content (AvgIpc) is 2.88. The fourth-order valence-electron chi connectivity index (χ4n) is 2.16. The number of rotatable bonds is 6. The minimum Gasteiger partial charge on any atom is -0.145 e. The van der Waals surface area contributed by atoms with Crippen LogP contribution in [0.15, 0.2) is 36.4 Å². The number of halogens is 2. The van der Waals surface area contributed by atoms with E-state index in [0.717, 1.165) is 24.3 Å². The maximum Gasteiger partial charge on any atom is 0.0438 e. The molecule has 3 heteroatoms. The Balaban J connectivity index is 2.02. The summed E-state index contributed by atoms with van der Waals surface area (Å²) in [5.74, 6) is 1.12. The Bertz CT molecular complexity index is 519. The zero-order valence-electron chi connectivity index (χ0n) is 11.0. The molecule has 0 fully saturated rings. The molecule has 2 aromatic rings. The van der Waals surface area contributed by atoms with E-state index in [1.807, 2.05) is 29.5 Å². The normalized spacial score (nSPS) is 12.6. The van der Waals surface area contributed by atoms with Crippen molar-refractivity contribution >= 4 is 34.5 Å². The summed E-state index contributed by atoms with van der Waals surface area (Å²) < 4.78 is 0. The summed E-state index contributed by atoms with van der Waals surface area (Å²) >= 11 is 14.2. The lowest BCUT2D eigenvalue weighted by molar-refractivity contribution is 0.589. The zero-order chi connectivity index (χ0) is 13.7. The standard InChI is InChI=1S/C16H18Cl2S/c1-2-14-7-8-15(19-14)10-12(11-17)9-13-5-3-4-6-16(13)18/h3-8,12H,2,9-11H2,1H3. The third-order valence-corrected chi connectivity index (χ3v) is 5.30. The number of hydrogen-bond donors (Lipinski definition) is 0. The van der Waals surface area contributed by atoms with Gasteiger partial charge in [-0.3, -0.25) is 0 Å². The minimum absolute atomic E-state index is 0.449. The lowest BCUT2D eigenvalue weighted by atomic mass is 9.97. The molecule has 0 bridgehead atoms. The van der Waals surface area contributed by atoms with Crippen molar-refractivity contribution in [2.45, 2.75) is 26.2 Å². The van der Waals surface area contributed by atoms with Gasteiger partial charge in [-0.1, -0.05) is 36.7 Å². The summed E-state index contributed by atoms with van der Waals surface area (Å²) in [7, 11) is 0. The van der Waals surface area contributed by atoms with Gasteiger partial charge in [0.25, 0.3) is 0 Å². The van der Waals surface area contributed by atoms with Crippen LogP contribution in [0.4, 0.5) is 0 Å². The van der Waals surface area contributed by atoms with Gasteiger partial charge < -0.3 is 0 Å². The van der Waals surface area contributed by atoms with E-state index in [-0.39, 0.29) is 0 Å². The van der Waals surface area contributed by atoms with E-state index in [1.54, 1.807) is 0 Å². The third kappa shape index (κ3) is 4.24. The Morgan fingerprint density at radius 2 is 1.79 bits per heavy atom. The van der Waals surface area contributed by atoms with E-state index in [4.69, 9.17) is 23.2 Å². The zero-order valence-corrected chi connectivity index (χ0v) is 13.4. The Morgan fingerprint density at radius 3 is 2.42 bits per heavy atom. The summed E-state index contributed by atoms with van der Waals surface area (Å²) in [5.41, 5.74) is 1.20. The first-order valence-corrected chi connectivity index (χ1v) is 8.32. The molecule has 0 aliphatic heterocycles. The molecule has 0 N–H and O–H groups in total. The molecule has 19 heavy (non-hydrogen) atoms. The summed E-state index contributed by atoms with van der Waals surface area (Å²) in [6.07, 6.45) is 3.10. The molecule has 1 aromatic carbocycles. The first-order valence-electron chi connectivity index (χ1n) is 6.60. The van der Waals surface area contributed by atoms with Gasteiger partial charge in [0, 0.05) is 20.7 Å². The summed E-state index contributed by atoms with van der Waals surface area (Å²) in [5, 5.41) is 0.845. The second-order valence-electron chi connectivity index (χ2n) is 4.74. The predicted octanol–water partition coefficient (Wildman–Crippen LogP) is 5.60. The highest BCUT2D eigenvalue weighted by Crippen LogP contribution is 2.25. The maximum atomic E-state index is 6.21. The van der Waals surface area contributed by atoms with Crippen LogP contribution in [0.1, 0.15) is 22.2 Å². The van der Waals surface area contributed by atoms with Gasteiger partial charge in [-0.05, 0) is 48.9 Å². The molecule has 0 amide bonds. The molecular weight excluding hydrogens is 295 g/mol. The average molecular weight is 313 g/mol. The van der Waals surface area contributed by atoms with Crippen LogP contribution < -0.4 is 0 Å². The van der Waals surface area contributed by atoms with Crippen molar-refractivity contribution < 1.29 is 0 Å². The van der Waals surface area contributed by atoms with E-state index in [9.17, 15) is 0 Å².